The molecule has 0 N–H and O–H groups in total. The first kappa shape index (κ1) is 18.7. The highest BCUT2D eigenvalue weighted by Crippen LogP contribution is 2.24. The highest BCUT2D eigenvalue weighted by Gasteiger charge is 2.23. The number of Topliss-reactive ketones (excluding diaryl/α,β-unsaturated/α-hetero) is 1. The molecule has 2 aromatic carbocycles. The normalized spacial score (nSPS) is 14.0. The van der Waals surface area contributed by atoms with Crippen molar-refractivity contribution in [3.05, 3.63) is 64.7 Å². The van der Waals surface area contributed by atoms with Crippen LogP contribution in [0.5, 0.6) is 0 Å². The molecule has 1 aliphatic rings. The number of nitrogens with zero attached hydrogens (tertiary/aromatic N) is 3. The Hall–Kier alpha value is -3.13. The Morgan fingerprint density at radius 2 is 1.70 bits per heavy atom. The zero-order valence-corrected chi connectivity index (χ0v) is 15.7. The standard InChI is InChI=1S/C22H23N3O2/c1-16-3-5-18(6-4-16)14-22(27)25-11-9-24(10-12-25)21-13-19(15-23)7-8-20(21)17(2)26/h3-8,13H,9-12,14H2,1-2H3. The number of nitriles is 1. The van der Waals surface area contributed by atoms with Crippen molar-refractivity contribution in [2.75, 3.05) is 31.1 Å². The molecule has 0 atom stereocenters. The first-order chi connectivity index (χ1) is 13.0. The Labute approximate surface area is 159 Å². The second kappa shape index (κ2) is 8.05. The highest BCUT2D eigenvalue weighted by molar-refractivity contribution is 6.00. The molecule has 1 heterocycles. The molecule has 0 radical (unpaired) electrons. The van der Waals surface area contributed by atoms with Crippen molar-refractivity contribution in [3.63, 3.8) is 0 Å². The third-order valence-corrected chi connectivity index (χ3v) is 4.96. The van der Waals surface area contributed by atoms with Crippen molar-refractivity contribution in [1.29, 1.82) is 5.26 Å². The van der Waals surface area contributed by atoms with Crippen LogP contribution in [0.3, 0.4) is 0 Å². The zero-order valence-electron chi connectivity index (χ0n) is 15.7. The molecule has 3 rings (SSSR count). The molecule has 1 saturated heterocycles. The van der Waals surface area contributed by atoms with Gasteiger partial charge in [-0.05, 0) is 37.6 Å². The van der Waals surface area contributed by atoms with E-state index in [4.69, 9.17) is 5.26 Å². The van der Waals surface area contributed by atoms with E-state index in [2.05, 4.69) is 11.0 Å². The van der Waals surface area contributed by atoms with Crippen LogP contribution in [0.4, 0.5) is 5.69 Å². The smallest absolute Gasteiger partial charge is 0.227 e. The van der Waals surface area contributed by atoms with Crippen molar-refractivity contribution >= 4 is 17.4 Å². The van der Waals surface area contributed by atoms with Gasteiger partial charge in [-0.3, -0.25) is 9.59 Å². The third-order valence-electron chi connectivity index (χ3n) is 4.96. The number of hydrogen-bond acceptors (Lipinski definition) is 4. The summed E-state index contributed by atoms with van der Waals surface area (Å²) in [5.41, 5.74) is 4.14. The fourth-order valence-electron chi connectivity index (χ4n) is 3.35. The molecule has 0 unspecified atom stereocenters. The Morgan fingerprint density at radius 1 is 1.04 bits per heavy atom. The molecule has 0 spiro atoms. The van der Waals surface area contributed by atoms with Crippen molar-refractivity contribution in [1.82, 2.24) is 4.90 Å². The van der Waals surface area contributed by atoms with Gasteiger partial charge in [-0.1, -0.05) is 29.8 Å². The van der Waals surface area contributed by atoms with Gasteiger partial charge in [-0.25, -0.2) is 0 Å². The van der Waals surface area contributed by atoms with Gasteiger partial charge in [0.15, 0.2) is 5.78 Å². The molecule has 0 aliphatic carbocycles. The van der Waals surface area contributed by atoms with Crippen LogP contribution in [0, 0.1) is 18.3 Å². The topological polar surface area (TPSA) is 64.4 Å². The zero-order chi connectivity index (χ0) is 19.4. The van der Waals surface area contributed by atoms with Crippen molar-refractivity contribution < 1.29 is 9.59 Å². The number of carbonyl (C=O) groups excluding carboxylic acids is 2. The average molecular weight is 361 g/mol. The third kappa shape index (κ3) is 4.35. The fourth-order valence-corrected chi connectivity index (χ4v) is 3.35. The highest BCUT2D eigenvalue weighted by atomic mass is 16.2. The van der Waals surface area contributed by atoms with E-state index >= 15 is 0 Å². The van der Waals surface area contributed by atoms with Gasteiger partial charge in [0.1, 0.15) is 0 Å². The summed E-state index contributed by atoms with van der Waals surface area (Å²) in [7, 11) is 0. The van der Waals surface area contributed by atoms with Gasteiger partial charge in [0.05, 0.1) is 18.1 Å². The van der Waals surface area contributed by atoms with Crippen molar-refractivity contribution in [2.24, 2.45) is 0 Å². The van der Waals surface area contributed by atoms with Crippen molar-refractivity contribution in [3.8, 4) is 6.07 Å². The maximum atomic E-state index is 12.6. The van der Waals surface area contributed by atoms with Gasteiger partial charge in [0, 0.05) is 37.4 Å². The van der Waals surface area contributed by atoms with E-state index in [0.717, 1.165) is 11.3 Å². The summed E-state index contributed by atoms with van der Waals surface area (Å²) in [6.45, 7) is 6.08. The number of aryl methyl sites for hydroxylation is 1. The summed E-state index contributed by atoms with van der Waals surface area (Å²) in [5, 5.41) is 9.16. The Morgan fingerprint density at radius 3 is 2.30 bits per heavy atom. The molecule has 27 heavy (non-hydrogen) atoms. The van der Waals surface area contributed by atoms with Gasteiger partial charge >= 0.3 is 0 Å². The predicted molar refractivity (Wildman–Crippen MR) is 105 cm³/mol. The number of benzene rings is 2. The van der Waals surface area contributed by atoms with E-state index in [1.165, 1.54) is 12.5 Å². The number of hydrogen-bond donors (Lipinski definition) is 0. The van der Waals surface area contributed by atoms with E-state index in [9.17, 15) is 9.59 Å². The molecule has 0 bridgehead atoms. The van der Waals surface area contributed by atoms with Crippen LogP contribution < -0.4 is 4.90 Å². The molecule has 5 heteroatoms. The van der Waals surface area contributed by atoms with Gasteiger partial charge < -0.3 is 9.80 Å². The SMILES string of the molecule is CC(=O)c1ccc(C#N)cc1N1CCN(C(=O)Cc2ccc(C)cc2)CC1. The fraction of sp³-hybridized carbons (Fsp3) is 0.318. The first-order valence-electron chi connectivity index (χ1n) is 9.11. The van der Waals surface area contributed by atoms with Crippen LogP contribution in [0.25, 0.3) is 0 Å². The molecule has 1 fully saturated rings. The maximum absolute atomic E-state index is 12.6. The van der Waals surface area contributed by atoms with E-state index in [-0.39, 0.29) is 11.7 Å². The summed E-state index contributed by atoms with van der Waals surface area (Å²) in [4.78, 5) is 28.5. The van der Waals surface area contributed by atoms with Crippen LogP contribution in [-0.2, 0) is 11.2 Å². The number of anilines is 1. The average Bonchev–Trinajstić information content (AvgIpc) is 2.69. The number of carbonyl (C=O) groups is 2. The largest absolute Gasteiger partial charge is 0.367 e. The number of rotatable bonds is 4. The van der Waals surface area contributed by atoms with E-state index in [1.807, 2.05) is 36.1 Å². The number of amides is 1. The summed E-state index contributed by atoms with van der Waals surface area (Å²) >= 11 is 0. The van der Waals surface area contributed by atoms with E-state index < -0.39 is 0 Å². The minimum absolute atomic E-state index is 0.0210. The van der Waals surface area contributed by atoms with Crippen LogP contribution in [-0.4, -0.2) is 42.8 Å². The Bertz CT molecular complexity index is 889. The van der Waals surface area contributed by atoms with Crippen LogP contribution in [0.15, 0.2) is 42.5 Å². The molecule has 2 aromatic rings. The van der Waals surface area contributed by atoms with E-state index in [1.54, 1.807) is 18.2 Å². The predicted octanol–water partition coefficient (Wildman–Crippen LogP) is 2.96. The maximum Gasteiger partial charge on any atom is 0.227 e. The van der Waals surface area contributed by atoms with Crippen LogP contribution >= 0.6 is 0 Å². The van der Waals surface area contributed by atoms with Crippen LogP contribution in [0.2, 0.25) is 0 Å². The molecular weight excluding hydrogens is 338 g/mol. The summed E-state index contributed by atoms with van der Waals surface area (Å²) in [5.74, 6) is 0.100. The minimum atomic E-state index is -0.0210. The molecule has 0 aromatic heterocycles. The quantitative estimate of drug-likeness (QED) is 0.786. The lowest BCUT2D eigenvalue weighted by molar-refractivity contribution is -0.130. The summed E-state index contributed by atoms with van der Waals surface area (Å²) < 4.78 is 0. The summed E-state index contributed by atoms with van der Waals surface area (Å²) in [6.07, 6.45) is 0.406. The van der Waals surface area contributed by atoms with Gasteiger partial charge in [0.25, 0.3) is 0 Å². The number of ketones is 1. The molecular formula is C22H23N3O2. The Balaban J connectivity index is 1.67. The molecule has 138 valence electrons. The van der Waals surface area contributed by atoms with Gasteiger partial charge in [0.2, 0.25) is 5.91 Å². The molecule has 1 aliphatic heterocycles. The summed E-state index contributed by atoms with van der Waals surface area (Å²) in [6, 6.07) is 15.3. The lowest BCUT2D eigenvalue weighted by Crippen LogP contribution is -2.49. The van der Waals surface area contributed by atoms with Gasteiger partial charge in [-0.15, -0.1) is 0 Å². The lowest BCUT2D eigenvalue weighted by Gasteiger charge is -2.37. The second-order valence-electron chi connectivity index (χ2n) is 6.93. The molecule has 5 nitrogen and oxygen atoms in total. The minimum Gasteiger partial charge on any atom is -0.367 e. The first-order valence-corrected chi connectivity index (χ1v) is 9.11. The second-order valence-corrected chi connectivity index (χ2v) is 6.93. The van der Waals surface area contributed by atoms with Gasteiger partial charge in [-0.2, -0.15) is 5.26 Å². The number of piperazine rings is 1. The molecule has 0 saturated carbocycles. The van der Waals surface area contributed by atoms with Crippen LogP contribution in [0.1, 0.15) is 34.0 Å². The Kier molecular flexibility index (Phi) is 5.56. The lowest BCUT2D eigenvalue weighted by atomic mass is 10.0. The molecule has 1 amide bonds. The van der Waals surface area contributed by atoms with Crippen molar-refractivity contribution in [2.45, 2.75) is 20.3 Å². The monoisotopic (exact) mass is 361 g/mol. The van der Waals surface area contributed by atoms with E-state index in [0.29, 0.717) is 43.7 Å².